The number of nitrogens with two attached hydrogens (primary N) is 1. The first kappa shape index (κ1) is 14.2. The van der Waals surface area contributed by atoms with Crippen LogP contribution in [0.5, 0.6) is 0 Å². The first-order valence-corrected chi connectivity index (χ1v) is 6.83. The lowest BCUT2D eigenvalue weighted by atomic mass is 10.2. The zero-order valence-electron chi connectivity index (χ0n) is 11.1. The molecule has 0 fully saturated rings. The Labute approximate surface area is 106 Å². The van der Waals surface area contributed by atoms with Gasteiger partial charge >= 0.3 is 0 Å². The molecule has 1 aromatic rings. The molecule has 0 atom stereocenters. The molecule has 1 rings (SSSR count). The molecule has 0 amide bonds. The molecule has 0 aliphatic heterocycles. The molecule has 0 bridgehead atoms. The van der Waals surface area contributed by atoms with Gasteiger partial charge in [0.2, 0.25) is 0 Å². The fourth-order valence-electron chi connectivity index (χ4n) is 2.01. The number of benzene rings is 1. The van der Waals surface area contributed by atoms with E-state index in [1.807, 2.05) is 0 Å². The summed E-state index contributed by atoms with van der Waals surface area (Å²) in [6, 6.07) is 10.7. The lowest BCUT2D eigenvalue weighted by molar-refractivity contribution is 0.258. The van der Waals surface area contributed by atoms with Gasteiger partial charge < -0.3 is 5.73 Å². The highest BCUT2D eigenvalue weighted by molar-refractivity contribution is 5.14. The van der Waals surface area contributed by atoms with Crippen LogP contribution in [0.4, 0.5) is 0 Å². The van der Waals surface area contributed by atoms with Crippen molar-refractivity contribution in [1.29, 1.82) is 0 Å². The summed E-state index contributed by atoms with van der Waals surface area (Å²) < 4.78 is 0. The maximum atomic E-state index is 5.60. The summed E-state index contributed by atoms with van der Waals surface area (Å²) in [6.45, 7) is 6.42. The third kappa shape index (κ3) is 6.44. The molecule has 0 aliphatic carbocycles. The van der Waals surface area contributed by atoms with Gasteiger partial charge in [0.05, 0.1) is 0 Å². The Kier molecular flexibility index (Phi) is 7.69. The second-order valence-electron chi connectivity index (χ2n) is 4.61. The van der Waals surface area contributed by atoms with Crippen LogP contribution in [0.25, 0.3) is 0 Å². The Morgan fingerprint density at radius 3 is 2.35 bits per heavy atom. The van der Waals surface area contributed by atoms with Gasteiger partial charge in [-0.3, -0.25) is 4.90 Å². The van der Waals surface area contributed by atoms with Gasteiger partial charge in [-0.25, -0.2) is 0 Å². The van der Waals surface area contributed by atoms with Gasteiger partial charge in [0.1, 0.15) is 0 Å². The van der Waals surface area contributed by atoms with Gasteiger partial charge in [0.15, 0.2) is 0 Å². The van der Waals surface area contributed by atoms with E-state index in [1.54, 1.807) is 0 Å². The summed E-state index contributed by atoms with van der Waals surface area (Å²) in [5.41, 5.74) is 7.00. The standard InChI is InChI=1S/C15H26N2/c1-2-3-7-12-17(13-8-11-16)14-15-9-5-4-6-10-15/h4-6,9-10H,2-3,7-8,11-14,16H2,1H3. The van der Waals surface area contributed by atoms with E-state index in [0.29, 0.717) is 0 Å². The summed E-state index contributed by atoms with van der Waals surface area (Å²) in [5, 5.41) is 0. The molecular formula is C15H26N2. The Hall–Kier alpha value is -0.860. The van der Waals surface area contributed by atoms with E-state index in [1.165, 1.54) is 31.4 Å². The SMILES string of the molecule is CCCCCN(CCCN)Cc1ccccc1. The van der Waals surface area contributed by atoms with Gasteiger partial charge in [-0.2, -0.15) is 0 Å². The summed E-state index contributed by atoms with van der Waals surface area (Å²) in [5.74, 6) is 0. The molecule has 2 N–H and O–H groups in total. The average Bonchev–Trinajstić information content (AvgIpc) is 2.37. The van der Waals surface area contributed by atoms with Gasteiger partial charge in [-0.1, -0.05) is 50.1 Å². The van der Waals surface area contributed by atoms with Crippen molar-refractivity contribution in [3.05, 3.63) is 35.9 Å². The molecule has 0 radical (unpaired) electrons. The smallest absolute Gasteiger partial charge is 0.0233 e. The summed E-state index contributed by atoms with van der Waals surface area (Å²) in [4.78, 5) is 2.53. The minimum atomic E-state index is 0.791. The van der Waals surface area contributed by atoms with E-state index in [2.05, 4.69) is 42.2 Å². The van der Waals surface area contributed by atoms with E-state index in [0.717, 1.165) is 26.1 Å². The number of unbranched alkanes of at least 4 members (excludes halogenated alkanes) is 2. The zero-order chi connectivity index (χ0) is 12.3. The lowest BCUT2D eigenvalue weighted by Gasteiger charge is -2.22. The molecular weight excluding hydrogens is 208 g/mol. The molecule has 0 unspecified atom stereocenters. The van der Waals surface area contributed by atoms with E-state index >= 15 is 0 Å². The Bertz CT molecular complexity index is 272. The van der Waals surface area contributed by atoms with Crippen LogP contribution in [0.2, 0.25) is 0 Å². The van der Waals surface area contributed by atoms with Crippen molar-refractivity contribution < 1.29 is 0 Å². The summed E-state index contributed by atoms with van der Waals surface area (Å²) in [7, 11) is 0. The second-order valence-corrected chi connectivity index (χ2v) is 4.61. The predicted molar refractivity (Wildman–Crippen MR) is 74.9 cm³/mol. The Morgan fingerprint density at radius 1 is 1.00 bits per heavy atom. The number of hydrogen-bond donors (Lipinski definition) is 1. The van der Waals surface area contributed by atoms with Crippen molar-refractivity contribution in [3.63, 3.8) is 0 Å². The second kappa shape index (κ2) is 9.20. The molecule has 96 valence electrons. The molecule has 2 heteroatoms. The molecule has 0 saturated heterocycles. The number of hydrogen-bond acceptors (Lipinski definition) is 2. The Balaban J connectivity index is 2.39. The molecule has 17 heavy (non-hydrogen) atoms. The highest BCUT2D eigenvalue weighted by Gasteiger charge is 2.04. The summed E-state index contributed by atoms with van der Waals surface area (Å²) >= 11 is 0. The van der Waals surface area contributed by atoms with Crippen molar-refractivity contribution >= 4 is 0 Å². The molecule has 0 saturated carbocycles. The fraction of sp³-hybridized carbons (Fsp3) is 0.600. The largest absolute Gasteiger partial charge is 0.330 e. The zero-order valence-corrected chi connectivity index (χ0v) is 11.1. The van der Waals surface area contributed by atoms with Gasteiger partial charge in [-0.05, 0) is 38.0 Å². The highest BCUT2D eigenvalue weighted by Crippen LogP contribution is 2.07. The molecule has 0 aromatic heterocycles. The van der Waals surface area contributed by atoms with Crippen LogP contribution in [0.1, 0.15) is 38.2 Å². The van der Waals surface area contributed by atoms with Crippen molar-refractivity contribution in [1.82, 2.24) is 4.90 Å². The first-order chi connectivity index (χ1) is 8.36. The topological polar surface area (TPSA) is 29.3 Å². The van der Waals surface area contributed by atoms with Crippen molar-refractivity contribution in [2.75, 3.05) is 19.6 Å². The molecule has 0 aliphatic rings. The van der Waals surface area contributed by atoms with E-state index in [9.17, 15) is 0 Å². The number of nitrogens with zero attached hydrogens (tertiary/aromatic N) is 1. The average molecular weight is 234 g/mol. The molecule has 0 spiro atoms. The minimum absolute atomic E-state index is 0.791. The van der Waals surface area contributed by atoms with Gasteiger partial charge in [0, 0.05) is 6.54 Å². The van der Waals surface area contributed by atoms with E-state index in [4.69, 9.17) is 5.73 Å². The van der Waals surface area contributed by atoms with Crippen LogP contribution in [-0.4, -0.2) is 24.5 Å². The predicted octanol–water partition coefficient (Wildman–Crippen LogP) is 3.03. The normalized spacial score (nSPS) is 11.0. The van der Waals surface area contributed by atoms with Crippen molar-refractivity contribution in [3.8, 4) is 0 Å². The molecule has 2 nitrogen and oxygen atoms in total. The molecule has 1 aromatic carbocycles. The van der Waals surface area contributed by atoms with Crippen LogP contribution in [-0.2, 0) is 6.54 Å². The fourth-order valence-corrected chi connectivity index (χ4v) is 2.01. The number of rotatable bonds is 9. The third-order valence-electron chi connectivity index (χ3n) is 3.01. The lowest BCUT2D eigenvalue weighted by Crippen LogP contribution is -2.27. The van der Waals surface area contributed by atoms with E-state index < -0.39 is 0 Å². The van der Waals surface area contributed by atoms with Crippen molar-refractivity contribution in [2.24, 2.45) is 5.73 Å². The Morgan fingerprint density at radius 2 is 1.71 bits per heavy atom. The van der Waals surface area contributed by atoms with Crippen LogP contribution in [0, 0.1) is 0 Å². The highest BCUT2D eigenvalue weighted by atomic mass is 15.1. The minimum Gasteiger partial charge on any atom is -0.330 e. The quantitative estimate of drug-likeness (QED) is 0.665. The van der Waals surface area contributed by atoms with Crippen LogP contribution >= 0.6 is 0 Å². The maximum Gasteiger partial charge on any atom is 0.0233 e. The van der Waals surface area contributed by atoms with Crippen molar-refractivity contribution in [2.45, 2.75) is 39.2 Å². The summed E-state index contributed by atoms with van der Waals surface area (Å²) in [6.07, 6.45) is 5.01. The van der Waals surface area contributed by atoms with Gasteiger partial charge in [-0.15, -0.1) is 0 Å². The van der Waals surface area contributed by atoms with Crippen LogP contribution in [0.15, 0.2) is 30.3 Å². The van der Waals surface area contributed by atoms with Crippen LogP contribution in [0.3, 0.4) is 0 Å². The van der Waals surface area contributed by atoms with Crippen LogP contribution < -0.4 is 5.73 Å². The molecule has 0 heterocycles. The third-order valence-corrected chi connectivity index (χ3v) is 3.01. The first-order valence-electron chi connectivity index (χ1n) is 6.83. The maximum absolute atomic E-state index is 5.60. The van der Waals surface area contributed by atoms with E-state index in [-0.39, 0.29) is 0 Å². The van der Waals surface area contributed by atoms with Gasteiger partial charge in [0.25, 0.3) is 0 Å². The monoisotopic (exact) mass is 234 g/mol.